The minimum atomic E-state index is -5.59. The van der Waals surface area contributed by atoms with Gasteiger partial charge in [-0.1, -0.05) is 0 Å². The number of hydrogen-bond acceptors (Lipinski definition) is 10. The van der Waals surface area contributed by atoms with Gasteiger partial charge in [-0.15, -0.1) is 0 Å². The molecule has 0 saturated heterocycles. The summed E-state index contributed by atoms with van der Waals surface area (Å²) in [4.78, 5) is 39.6. The van der Waals surface area contributed by atoms with Gasteiger partial charge in [0, 0.05) is 34.9 Å². The molecule has 2 amide bonds. The van der Waals surface area contributed by atoms with Crippen LogP contribution in [0.5, 0.6) is 0 Å². The predicted octanol–water partition coefficient (Wildman–Crippen LogP) is 3.95. The Hall–Kier alpha value is -5.24. The Morgan fingerprint density at radius 1 is 0.562 bits per heavy atom. The Kier molecular flexibility index (Phi) is 9.72. The lowest BCUT2D eigenvalue weighted by Crippen LogP contribution is -2.56. The predicted molar refractivity (Wildman–Crippen MR) is 165 cm³/mol. The average molecular weight is 711 g/mol. The van der Waals surface area contributed by atoms with E-state index in [4.69, 9.17) is 0 Å². The quantitative estimate of drug-likeness (QED) is 0.165. The summed E-state index contributed by atoms with van der Waals surface area (Å²) in [5, 5.41) is 3.07. The Labute approximate surface area is 271 Å². The lowest BCUT2D eigenvalue weighted by Gasteiger charge is -2.24. The molecule has 0 aliphatic rings. The molecule has 0 radical (unpaired) electrons. The number of rotatable bonds is 11. The van der Waals surface area contributed by atoms with Gasteiger partial charge in [0.05, 0.1) is 9.79 Å². The van der Waals surface area contributed by atoms with E-state index in [-0.39, 0.29) is 21.4 Å². The molecule has 4 N–H and O–H groups in total. The van der Waals surface area contributed by atoms with E-state index in [2.05, 4.69) is 29.4 Å². The van der Waals surface area contributed by atoms with Crippen molar-refractivity contribution in [1.82, 2.24) is 19.9 Å². The number of amides is 2. The number of benzene rings is 2. The van der Waals surface area contributed by atoms with Crippen molar-refractivity contribution >= 4 is 54.9 Å². The number of aromatic nitrogens is 4. The Bertz CT molecular complexity index is 1910. The third kappa shape index (κ3) is 8.00. The van der Waals surface area contributed by atoms with Crippen molar-refractivity contribution in [1.29, 1.82) is 0 Å². The Balaban J connectivity index is 1.41. The van der Waals surface area contributed by atoms with Crippen LogP contribution in [0.25, 0.3) is 0 Å². The second kappa shape index (κ2) is 13.1. The summed E-state index contributed by atoms with van der Waals surface area (Å²) in [5.41, 5.74) is -0.0135. The van der Waals surface area contributed by atoms with Gasteiger partial charge >= 0.3 is 23.7 Å². The summed E-state index contributed by atoms with van der Waals surface area (Å²) in [5.74, 6) is -15.8. The molecule has 0 fully saturated rings. The van der Waals surface area contributed by atoms with Gasteiger partial charge in [0.2, 0.25) is 0 Å². The van der Waals surface area contributed by atoms with Crippen LogP contribution in [0.2, 0.25) is 0 Å². The number of alkyl halides is 4. The number of nitrogens with one attached hydrogen (secondary N) is 4. The first kappa shape index (κ1) is 35.6. The first-order valence-electron chi connectivity index (χ1n) is 13.5. The molecule has 0 atom stereocenters. The van der Waals surface area contributed by atoms with Crippen LogP contribution in [-0.4, -0.2) is 60.4 Å². The molecular weight excluding hydrogens is 684 g/mol. The van der Waals surface area contributed by atoms with E-state index >= 15 is 0 Å². The average Bonchev–Trinajstić information content (AvgIpc) is 2.96. The molecule has 48 heavy (non-hydrogen) atoms. The maximum absolute atomic E-state index is 14.7. The minimum Gasteiger partial charge on any atom is -0.321 e. The molecule has 14 nitrogen and oxygen atoms in total. The monoisotopic (exact) mass is 710 g/mol. The van der Waals surface area contributed by atoms with Crippen LogP contribution in [0.1, 0.15) is 23.0 Å². The molecule has 2 heterocycles. The van der Waals surface area contributed by atoms with E-state index in [1.54, 1.807) is 27.7 Å². The number of sulfonamides is 2. The zero-order chi connectivity index (χ0) is 35.7. The van der Waals surface area contributed by atoms with Crippen LogP contribution in [0.3, 0.4) is 0 Å². The van der Waals surface area contributed by atoms with E-state index in [9.17, 15) is 44.0 Å². The normalized spacial score (nSPS) is 12.2. The van der Waals surface area contributed by atoms with E-state index in [1.807, 2.05) is 0 Å². The number of anilines is 4. The number of carbonyl (C=O) groups is 2. The summed E-state index contributed by atoms with van der Waals surface area (Å²) in [7, 11) is -8.46. The summed E-state index contributed by atoms with van der Waals surface area (Å²) >= 11 is 0. The summed E-state index contributed by atoms with van der Waals surface area (Å²) < 4.78 is 114. The lowest BCUT2D eigenvalue weighted by atomic mass is 10.1. The first-order valence-corrected chi connectivity index (χ1v) is 16.4. The fourth-order valence-corrected chi connectivity index (χ4v) is 6.06. The molecule has 0 unspecified atom stereocenters. The smallest absolute Gasteiger partial charge is 0.321 e. The molecule has 4 rings (SSSR count). The second-order valence-electron chi connectivity index (χ2n) is 10.2. The highest BCUT2D eigenvalue weighted by atomic mass is 32.2. The van der Waals surface area contributed by atoms with E-state index in [0.29, 0.717) is 23.0 Å². The maximum atomic E-state index is 14.7. The number of nitrogens with zero attached hydrogens (tertiary/aromatic N) is 4. The van der Waals surface area contributed by atoms with Gasteiger partial charge in [-0.2, -0.15) is 17.6 Å². The third-order valence-corrected chi connectivity index (χ3v) is 8.96. The van der Waals surface area contributed by atoms with Crippen LogP contribution in [-0.2, 0) is 29.6 Å². The molecule has 254 valence electrons. The Morgan fingerprint density at radius 2 is 0.875 bits per heavy atom. The zero-order valence-electron chi connectivity index (χ0n) is 25.3. The van der Waals surface area contributed by atoms with Crippen molar-refractivity contribution in [3.05, 3.63) is 83.7 Å². The molecule has 0 saturated carbocycles. The van der Waals surface area contributed by atoms with E-state index in [1.165, 1.54) is 22.8 Å². The minimum absolute atomic E-state index is 0.0424. The van der Waals surface area contributed by atoms with Gasteiger partial charge in [-0.25, -0.2) is 36.8 Å². The van der Waals surface area contributed by atoms with E-state index in [0.717, 1.165) is 48.5 Å². The first-order chi connectivity index (χ1) is 22.2. The molecule has 20 heteroatoms. The van der Waals surface area contributed by atoms with Gasteiger partial charge in [0.15, 0.2) is 0 Å². The van der Waals surface area contributed by atoms with Crippen LogP contribution >= 0.6 is 0 Å². The standard InChI is InChI=1S/C28H26F4N8O6S2/c1-15-13-23(35-17(3)33-15)39-47(43,44)21-9-5-19(6-10-21)37-25(41)27(29,30)28(31,32)26(42)38-20-7-11-22(12-8-20)48(45,46)40-24-14-16(2)34-18(4)36-24/h5-14H,1-4H3,(H,37,41)(H,38,42)(H,33,35,39)(H,34,36,40). The van der Waals surface area contributed by atoms with Gasteiger partial charge in [-0.05, 0) is 76.2 Å². The summed E-state index contributed by atoms with van der Waals surface area (Å²) in [6.45, 7) is 6.31. The van der Waals surface area contributed by atoms with Gasteiger partial charge in [-0.3, -0.25) is 19.0 Å². The molecule has 2 aromatic carbocycles. The molecular formula is C28H26F4N8O6S2. The zero-order valence-corrected chi connectivity index (χ0v) is 27.0. The summed E-state index contributed by atoms with van der Waals surface area (Å²) in [6, 6.07) is 9.85. The third-order valence-electron chi connectivity index (χ3n) is 6.22. The van der Waals surface area contributed by atoms with E-state index < -0.39 is 55.1 Å². The fourth-order valence-electron chi connectivity index (χ4n) is 4.07. The van der Waals surface area contributed by atoms with Crippen LogP contribution in [0, 0.1) is 27.7 Å². The van der Waals surface area contributed by atoms with Crippen molar-refractivity contribution in [2.75, 3.05) is 20.1 Å². The van der Waals surface area contributed by atoms with Crippen molar-refractivity contribution in [3.63, 3.8) is 0 Å². The Morgan fingerprint density at radius 3 is 1.17 bits per heavy atom. The van der Waals surface area contributed by atoms with Crippen LogP contribution in [0.4, 0.5) is 40.6 Å². The van der Waals surface area contributed by atoms with Crippen molar-refractivity contribution in [2.45, 2.75) is 49.3 Å². The highest BCUT2D eigenvalue weighted by molar-refractivity contribution is 7.93. The van der Waals surface area contributed by atoms with Crippen molar-refractivity contribution in [2.24, 2.45) is 0 Å². The summed E-state index contributed by atoms with van der Waals surface area (Å²) in [6.07, 6.45) is 0. The SMILES string of the molecule is Cc1cc(NS(=O)(=O)c2ccc(NC(=O)C(F)(F)C(F)(F)C(=O)Nc3ccc(S(=O)(=O)Nc4cc(C)nc(C)n4)cc3)cc2)nc(C)n1. The van der Waals surface area contributed by atoms with Crippen molar-refractivity contribution < 1.29 is 44.0 Å². The largest absolute Gasteiger partial charge is 0.396 e. The lowest BCUT2D eigenvalue weighted by molar-refractivity contribution is -0.204. The second-order valence-corrected chi connectivity index (χ2v) is 13.6. The number of halogens is 4. The maximum Gasteiger partial charge on any atom is 0.396 e. The van der Waals surface area contributed by atoms with Crippen LogP contribution < -0.4 is 20.1 Å². The molecule has 0 aliphatic heterocycles. The van der Waals surface area contributed by atoms with Gasteiger partial charge < -0.3 is 10.6 Å². The number of hydrogen-bond donors (Lipinski definition) is 4. The fraction of sp³-hybridized carbons (Fsp3) is 0.214. The van der Waals surface area contributed by atoms with Gasteiger partial charge in [0.25, 0.3) is 20.0 Å². The number of carbonyl (C=O) groups excluding carboxylic acids is 2. The van der Waals surface area contributed by atoms with Crippen molar-refractivity contribution in [3.8, 4) is 0 Å². The van der Waals surface area contributed by atoms with Crippen LogP contribution in [0.15, 0.2) is 70.5 Å². The topological polar surface area (TPSA) is 202 Å². The number of aryl methyl sites for hydroxylation is 4. The highest BCUT2D eigenvalue weighted by Gasteiger charge is 2.67. The molecule has 0 aliphatic carbocycles. The molecule has 0 bridgehead atoms. The van der Waals surface area contributed by atoms with Gasteiger partial charge in [0.1, 0.15) is 23.3 Å². The molecule has 2 aromatic heterocycles. The highest BCUT2D eigenvalue weighted by Crippen LogP contribution is 2.36. The molecule has 0 spiro atoms. The molecule has 4 aromatic rings.